The standard InChI is InChI=1S/C8H12N2O4S/c9-3-4-14-8-2-1-6(5-7(8)10)15(11,12)13/h1-2,5H,3-4,9-10H2,(H,11,12,13). The summed E-state index contributed by atoms with van der Waals surface area (Å²) in [6.45, 7) is 0.620. The topological polar surface area (TPSA) is 116 Å². The molecule has 5 N–H and O–H groups in total. The van der Waals surface area contributed by atoms with Gasteiger partial charge >= 0.3 is 0 Å². The average molecular weight is 232 g/mol. The zero-order chi connectivity index (χ0) is 11.5. The first-order valence-corrected chi connectivity index (χ1v) is 5.59. The van der Waals surface area contributed by atoms with E-state index in [1.54, 1.807) is 0 Å². The highest BCUT2D eigenvalue weighted by molar-refractivity contribution is 7.85. The Balaban J connectivity index is 2.99. The van der Waals surface area contributed by atoms with Crippen molar-refractivity contribution in [2.24, 2.45) is 5.73 Å². The van der Waals surface area contributed by atoms with Gasteiger partial charge in [-0.2, -0.15) is 8.42 Å². The Labute approximate surface area is 87.6 Å². The molecule has 1 aromatic rings. The lowest BCUT2D eigenvalue weighted by Gasteiger charge is -2.08. The predicted octanol–water partition coefficient (Wildman–Crippen LogP) is -0.147. The Kier molecular flexibility index (Phi) is 3.51. The van der Waals surface area contributed by atoms with Crippen LogP contribution in [-0.4, -0.2) is 26.1 Å². The first-order chi connectivity index (χ1) is 6.95. The SMILES string of the molecule is NCCOc1ccc(S(=O)(=O)O)cc1N. The molecule has 1 rings (SSSR count). The molecular weight excluding hydrogens is 220 g/mol. The van der Waals surface area contributed by atoms with Gasteiger partial charge in [0.1, 0.15) is 12.4 Å². The van der Waals surface area contributed by atoms with Crippen molar-refractivity contribution in [1.29, 1.82) is 0 Å². The molecule has 0 aliphatic heterocycles. The third-order valence-electron chi connectivity index (χ3n) is 1.65. The van der Waals surface area contributed by atoms with Gasteiger partial charge in [0.25, 0.3) is 10.1 Å². The maximum atomic E-state index is 10.7. The van der Waals surface area contributed by atoms with E-state index < -0.39 is 10.1 Å². The van der Waals surface area contributed by atoms with Gasteiger partial charge in [-0.05, 0) is 18.2 Å². The molecule has 0 fully saturated rings. The van der Waals surface area contributed by atoms with Crippen LogP contribution in [0, 0.1) is 0 Å². The number of nitrogen functional groups attached to an aromatic ring is 1. The number of ether oxygens (including phenoxy) is 1. The van der Waals surface area contributed by atoms with Gasteiger partial charge in [0.2, 0.25) is 0 Å². The normalized spacial score (nSPS) is 11.3. The lowest BCUT2D eigenvalue weighted by Crippen LogP contribution is -2.11. The van der Waals surface area contributed by atoms with Crippen molar-refractivity contribution < 1.29 is 17.7 Å². The summed E-state index contributed by atoms with van der Waals surface area (Å²) in [4.78, 5) is -0.264. The molecule has 6 nitrogen and oxygen atoms in total. The smallest absolute Gasteiger partial charge is 0.294 e. The highest BCUT2D eigenvalue weighted by atomic mass is 32.2. The van der Waals surface area contributed by atoms with E-state index >= 15 is 0 Å². The summed E-state index contributed by atoms with van der Waals surface area (Å²) in [6.07, 6.45) is 0. The quantitative estimate of drug-likeness (QED) is 0.491. The van der Waals surface area contributed by atoms with Crippen LogP contribution >= 0.6 is 0 Å². The molecule has 0 saturated heterocycles. The second-order valence-corrected chi connectivity index (χ2v) is 4.23. The summed E-state index contributed by atoms with van der Waals surface area (Å²) in [5.41, 5.74) is 10.9. The lowest BCUT2D eigenvalue weighted by atomic mass is 10.3. The first kappa shape index (κ1) is 11.8. The zero-order valence-electron chi connectivity index (χ0n) is 7.88. The molecule has 84 valence electrons. The van der Waals surface area contributed by atoms with Crippen LogP contribution in [-0.2, 0) is 10.1 Å². The minimum Gasteiger partial charge on any atom is -0.490 e. The van der Waals surface area contributed by atoms with Gasteiger partial charge in [-0.3, -0.25) is 4.55 Å². The van der Waals surface area contributed by atoms with Crippen molar-refractivity contribution in [3.63, 3.8) is 0 Å². The van der Waals surface area contributed by atoms with Crippen LogP contribution < -0.4 is 16.2 Å². The van der Waals surface area contributed by atoms with E-state index in [4.69, 9.17) is 20.8 Å². The van der Waals surface area contributed by atoms with Crippen LogP contribution in [0.15, 0.2) is 23.1 Å². The third kappa shape index (κ3) is 3.08. The number of hydrogen-bond acceptors (Lipinski definition) is 5. The van der Waals surface area contributed by atoms with Crippen LogP contribution in [0.1, 0.15) is 0 Å². The largest absolute Gasteiger partial charge is 0.490 e. The third-order valence-corrected chi connectivity index (χ3v) is 2.50. The molecule has 0 bridgehead atoms. The summed E-state index contributed by atoms with van der Waals surface area (Å²) in [6, 6.07) is 3.70. The second kappa shape index (κ2) is 4.47. The summed E-state index contributed by atoms with van der Waals surface area (Å²) < 4.78 is 35.4. The van der Waals surface area contributed by atoms with Crippen LogP contribution in [0.5, 0.6) is 5.75 Å². The molecule has 0 aliphatic rings. The van der Waals surface area contributed by atoms with Gasteiger partial charge < -0.3 is 16.2 Å². The summed E-state index contributed by atoms with van der Waals surface area (Å²) in [5, 5.41) is 0. The van der Waals surface area contributed by atoms with Gasteiger partial charge in [0.15, 0.2) is 0 Å². The fraction of sp³-hybridized carbons (Fsp3) is 0.250. The maximum Gasteiger partial charge on any atom is 0.294 e. The van der Waals surface area contributed by atoms with Gasteiger partial charge in [-0.1, -0.05) is 0 Å². The Morgan fingerprint density at radius 2 is 2.07 bits per heavy atom. The predicted molar refractivity (Wildman–Crippen MR) is 55.2 cm³/mol. The van der Waals surface area contributed by atoms with Crippen LogP contribution in [0.3, 0.4) is 0 Å². The van der Waals surface area contributed by atoms with Crippen molar-refractivity contribution in [3.05, 3.63) is 18.2 Å². The van der Waals surface area contributed by atoms with Gasteiger partial charge in [-0.25, -0.2) is 0 Å². The highest BCUT2D eigenvalue weighted by Crippen LogP contribution is 2.24. The lowest BCUT2D eigenvalue weighted by molar-refractivity contribution is 0.330. The fourth-order valence-electron chi connectivity index (χ4n) is 0.987. The second-order valence-electron chi connectivity index (χ2n) is 2.81. The summed E-state index contributed by atoms with van der Waals surface area (Å²) in [5.74, 6) is 0.341. The van der Waals surface area contributed by atoms with Crippen LogP contribution in [0.2, 0.25) is 0 Å². The van der Waals surface area contributed by atoms with Crippen molar-refractivity contribution in [2.75, 3.05) is 18.9 Å². The van der Waals surface area contributed by atoms with Gasteiger partial charge in [0.05, 0.1) is 10.6 Å². The zero-order valence-corrected chi connectivity index (χ0v) is 8.70. The van der Waals surface area contributed by atoms with Gasteiger partial charge in [-0.15, -0.1) is 0 Å². The number of benzene rings is 1. The molecule has 0 radical (unpaired) electrons. The Hall–Kier alpha value is -1.31. The van der Waals surface area contributed by atoms with Crippen molar-refractivity contribution in [3.8, 4) is 5.75 Å². The maximum absolute atomic E-state index is 10.7. The molecule has 0 spiro atoms. The number of rotatable bonds is 4. The number of hydrogen-bond donors (Lipinski definition) is 3. The molecule has 0 heterocycles. The molecule has 0 atom stereocenters. The number of nitrogens with two attached hydrogens (primary N) is 2. The molecule has 0 aromatic heterocycles. The van der Waals surface area contributed by atoms with E-state index in [0.717, 1.165) is 6.07 Å². The molecule has 0 unspecified atom stereocenters. The average Bonchev–Trinajstić information content (AvgIpc) is 2.14. The van der Waals surface area contributed by atoms with Crippen molar-refractivity contribution in [1.82, 2.24) is 0 Å². The highest BCUT2D eigenvalue weighted by Gasteiger charge is 2.11. The molecule has 0 aliphatic carbocycles. The van der Waals surface area contributed by atoms with E-state index in [1.807, 2.05) is 0 Å². The minimum atomic E-state index is -4.22. The van der Waals surface area contributed by atoms with Crippen molar-refractivity contribution in [2.45, 2.75) is 4.90 Å². The monoisotopic (exact) mass is 232 g/mol. The fourth-order valence-corrected chi connectivity index (χ4v) is 1.50. The van der Waals surface area contributed by atoms with E-state index in [1.165, 1.54) is 12.1 Å². The molecule has 7 heteroatoms. The molecule has 1 aromatic carbocycles. The van der Waals surface area contributed by atoms with Gasteiger partial charge in [0, 0.05) is 6.54 Å². The summed E-state index contributed by atoms with van der Waals surface area (Å²) >= 11 is 0. The number of anilines is 1. The van der Waals surface area contributed by atoms with E-state index in [-0.39, 0.29) is 17.2 Å². The molecule has 15 heavy (non-hydrogen) atoms. The summed E-state index contributed by atoms with van der Waals surface area (Å²) in [7, 11) is -4.22. The Bertz CT molecular complexity index is 444. The molecule has 0 amide bonds. The first-order valence-electron chi connectivity index (χ1n) is 4.15. The molecule has 0 saturated carbocycles. The van der Waals surface area contributed by atoms with Crippen molar-refractivity contribution >= 4 is 15.8 Å². The van der Waals surface area contributed by atoms with Crippen LogP contribution in [0.25, 0.3) is 0 Å². The van der Waals surface area contributed by atoms with E-state index in [9.17, 15) is 8.42 Å². The van der Waals surface area contributed by atoms with E-state index in [0.29, 0.717) is 12.3 Å². The minimum absolute atomic E-state index is 0.138. The Morgan fingerprint density at radius 1 is 1.40 bits per heavy atom. The van der Waals surface area contributed by atoms with E-state index in [2.05, 4.69) is 0 Å². The Morgan fingerprint density at radius 3 is 2.53 bits per heavy atom. The molecular formula is C8H12N2O4S. The van der Waals surface area contributed by atoms with Crippen LogP contribution in [0.4, 0.5) is 5.69 Å².